The molecule has 0 amide bonds. The Labute approximate surface area is 105 Å². The van der Waals surface area contributed by atoms with Crippen molar-refractivity contribution in [3.8, 4) is 0 Å². The van der Waals surface area contributed by atoms with Gasteiger partial charge in [-0.3, -0.25) is 0 Å². The second-order valence-electron chi connectivity index (χ2n) is 5.58. The molecule has 2 aliphatic rings. The van der Waals surface area contributed by atoms with Crippen molar-refractivity contribution >= 4 is 0 Å². The molecule has 0 unspecified atom stereocenters. The fraction of sp³-hybridized carbons (Fsp3) is 1.00. The highest BCUT2D eigenvalue weighted by Crippen LogP contribution is 2.16. The highest BCUT2D eigenvalue weighted by molar-refractivity contribution is 4.74. The van der Waals surface area contributed by atoms with Crippen molar-refractivity contribution in [2.24, 2.45) is 0 Å². The molecular weight excluding hydrogens is 216 g/mol. The topological polar surface area (TPSA) is 33.7 Å². The summed E-state index contributed by atoms with van der Waals surface area (Å²) in [5.41, 5.74) is 0. The molecule has 4 heteroatoms. The fourth-order valence-electron chi connectivity index (χ4n) is 2.42. The van der Waals surface area contributed by atoms with E-state index < -0.39 is 5.79 Å². The van der Waals surface area contributed by atoms with Gasteiger partial charge in [-0.2, -0.15) is 0 Å². The maximum Gasteiger partial charge on any atom is 0.162 e. The van der Waals surface area contributed by atoms with Crippen molar-refractivity contribution in [3.63, 3.8) is 0 Å². The lowest BCUT2D eigenvalue weighted by atomic mass is 10.1. The molecule has 2 rings (SSSR count). The third-order valence-electron chi connectivity index (χ3n) is 3.57. The molecule has 2 aliphatic heterocycles. The first-order valence-corrected chi connectivity index (χ1v) is 6.89. The van der Waals surface area contributed by atoms with Crippen LogP contribution in [0.1, 0.15) is 33.1 Å². The SMILES string of the molecule is CC1(C)OCC(NCCN2CCCCC2)CO1. The van der Waals surface area contributed by atoms with Crippen molar-refractivity contribution in [1.82, 2.24) is 10.2 Å². The summed E-state index contributed by atoms with van der Waals surface area (Å²) in [7, 11) is 0. The molecule has 0 spiro atoms. The van der Waals surface area contributed by atoms with E-state index in [0.717, 1.165) is 26.3 Å². The van der Waals surface area contributed by atoms with Crippen molar-refractivity contribution in [2.75, 3.05) is 39.4 Å². The molecule has 0 aliphatic carbocycles. The zero-order chi connectivity index (χ0) is 12.1. The van der Waals surface area contributed by atoms with E-state index in [1.807, 2.05) is 13.8 Å². The first kappa shape index (κ1) is 13.3. The largest absolute Gasteiger partial charge is 0.349 e. The van der Waals surface area contributed by atoms with Gasteiger partial charge in [-0.15, -0.1) is 0 Å². The normalized spacial score (nSPS) is 27.2. The Morgan fingerprint density at radius 1 is 1.12 bits per heavy atom. The van der Waals surface area contributed by atoms with Gasteiger partial charge in [-0.25, -0.2) is 0 Å². The van der Waals surface area contributed by atoms with Crippen molar-refractivity contribution < 1.29 is 9.47 Å². The predicted molar refractivity (Wildman–Crippen MR) is 68.1 cm³/mol. The molecule has 2 heterocycles. The number of ether oxygens (including phenoxy) is 2. The van der Waals surface area contributed by atoms with Crippen LogP contribution in [-0.4, -0.2) is 56.1 Å². The number of rotatable bonds is 4. The fourth-order valence-corrected chi connectivity index (χ4v) is 2.42. The average molecular weight is 242 g/mol. The van der Waals surface area contributed by atoms with E-state index in [0.29, 0.717) is 6.04 Å². The molecule has 2 fully saturated rings. The summed E-state index contributed by atoms with van der Waals surface area (Å²) in [6.45, 7) is 10.2. The van der Waals surface area contributed by atoms with Crippen LogP contribution in [0, 0.1) is 0 Å². The Morgan fingerprint density at radius 2 is 1.76 bits per heavy atom. The number of nitrogens with one attached hydrogen (secondary N) is 1. The molecule has 0 atom stereocenters. The standard InChI is InChI=1S/C13H26N2O2/c1-13(2)16-10-12(11-17-13)14-6-9-15-7-4-3-5-8-15/h12,14H,3-11H2,1-2H3. The molecule has 0 radical (unpaired) electrons. The quantitative estimate of drug-likeness (QED) is 0.803. The van der Waals surface area contributed by atoms with Gasteiger partial charge in [0.15, 0.2) is 5.79 Å². The van der Waals surface area contributed by atoms with Crippen LogP contribution < -0.4 is 5.32 Å². The second kappa shape index (κ2) is 6.14. The van der Waals surface area contributed by atoms with Crippen LogP contribution >= 0.6 is 0 Å². The van der Waals surface area contributed by atoms with Crippen LogP contribution in [0.2, 0.25) is 0 Å². The maximum absolute atomic E-state index is 5.62. The molecule has 1 N–H and O–H groups in total. The predicted octanol–water partition coefficient (Wildman–Crippen LogP) is 1.21. The van der Waals surface area contributed by atoms with Gasteiger partial charge in [-0.05, 0) is 39.8 Å². The van der Waals surface area contributed by atoms with Gasteiger partial charge >= 0.3 is 0 Å². The van der Waals surface area contributed by atoms with Gasteiger partial charge in [0.25, 0.3) is 0 Å². The highest BCUT2D eigenvalue weighted by Gasteiger charge is 2.27. The van der Waals surface area contributed by atoms with E-state index in [9.17, 15) is 0 Å². The smallest absolute Gasteiger partial charge is 0.162 e. The highest BCUT2D eigenvalue weighted by atomic mass is 16.7. The first-order valence-electron chi connectivity index (χ1n) is 6.89. The minimum Gasteiger partial charge on any atom is -0.349 e. The number of hydrogen-bond donors (Lipinski definition) is 1. The third kappa shape index (κ3) is 4.54. The van der Waals surface area contributed by atoms with Crippen molar-refractivity contribution in [2.45, 2.75) is 44.9 Å². The summed E-state index contributed by atoms with van der Waals surface area (Å²) >= 11 is 0. The molecule has 0 saturated carbocycles. The van der Waals surface area contributed by atoms with Crippen LogP contribution in [0.15, 0.2) is 0 Å². The maximum atomic E-state index is 5.62. The first-order chi connectivity index (χ1) is 8.16. The van der Waals surface area contributed by atoms with Gasteiger partial charge in [0.05, 0.1) is 19.3 Å². The summed E-state index contributed by atoms with van der Waals surface area (Å²) < 4.78 is 11.2. The third-order valence-corrected chi connectivity index (χ3v) is 3.57. The lowest BCUT2D eigenvalue weighted by Crippen LogP contribution is -2.50. The summed E-state index contributed by atoms with van der Waals surface area (Å²) in [6.07, 6.45) is 4.14. The minimum atomic E-state index is -0.398. The lowest BCUT2D eigenvalue weighted by molar-refractivity contribution is -0.252. The Bertz CT molecular complexity index is 217. The Hall–Kier alpha value is -0.160. The Kier molecular flexibility index (Phi) is 4.79. The van der Waals surface area contributed by atoms with Gasteiger partial charge in [0, 0.05) is 13.1 Å². The van der Waals surface area contributed by atoms with E-state index in [-0.39, 0.29) is 0 Å². The molecule has 17 heavy (non-hydrogen) atoms. The van der Waals surface area contributed by atoms with Crippen LogP contribution in [-0.2, 0) is 9.47 Å². The number of likely N-dealkylation sites (tertiary alicyclic amines) is 1. The van der Waals surface area contributed by atoms with E-state index in [2.05, 4.69) is 10.2 Å². The van der Waals surface area contributed by atoms with E-state index in [1.165, 1.54) is 32.4 Å². The van der Waals surface area contributed by atoms with E-state index >= 15 is 0 Å². The van der Waals surface area contributed by atoms with E-state index in [4.69, 9.17) is 9.47 Å². The molecular formula is C13H26N2O2. The van der Waals surface area contributed by atoms with Gasteiger partial charge in [0.1, 0.15) is 0 Å². The average Bonchev–Trinajstić information content (AvgIpc) is 2.33. The monoisotopic (exact) mass is 242 g/mol. The molecule has 0 aromatic carbocycles. The summed E-state index contributed by atoms with van der Waals surface area (Å²) in [5, 5.41) is 3.51. The molecule has 0 aromatic heterocycles. The summed E-state index contributed by atoms with van der Waals surface area (Å²) in [5.74, 6) is -0.398. The molecule has 0 bridgehead atoms. The summed E-state index contributed by atoms with van der Waals surface area (Å²) in [6, 6.07) is 0.354. The number of hydrogen-bond acceptors (Lipinski definition) is 4. The van der Waals surface area contributed by atoms with Crippen molar-refractivity contribution in [1.29, 1.82) is 0 Å². The molecule has 0 aromatic rings. The zero-order valence-electron chi connectivity index (χ0n) is 11.2. The molecule has 100 valence electrons. The Morgan fingerprint density at radius 3 is 2.41 bits per heavy atom. The van der Waals surface area contributed by atoms with Crippen LogP contribution in [0.3, 0.4) is 0 Å². The molecule has 4 nitrogen and oxygen atoms in total. The minimum absolute atomic E-state index is 0.354. The zero-order valence-corrected chi connectivity index (χ0v) is 11.2. The number of nitrogens with zero attached hydrogens (tertiary/aromatic N) is 1. The summed E-state index contributed by atoms with van der Waals surface area (Å²) in [4.78, 5) is 2.55. The van der Waals surface area contributed by atoms with Gasteiger partial charge < -0.3 is 19.7 Å². The second-order valence-corrected chi connectivity index (χ2v) is 5.58. The lowest BCUT2D eigenvalue weighted by Gasteiger charge is -2.35. The van der Waals surface area contributed by atoms with Gasteiger partial charge in [0.2, 0.25) is 0 Å². The van der Waals surface area contributed by atoms with Gasteiger partial charge in [-0.1, -0.05) is 6.42 Å². The van der Waals surface area contributed by atoms with Crippen molar-refractivity contribution in [3.05, 3.63) is 0 Å². The van der Waals surface area contributed by atoms with Crippen LogP contribution in [0.4, 0.5) is 0 Å². The van der Waals surface area contributed by atoms with Crippen LogP contribution in [0.5, 0.6) is 0 Å². The van der Waals surface area contributed by atoms with Crippen LogP contribution in [0.25, 0.3) is 0 Å². The molecule has 2 saturated heterocycles. The Balaban J connectivity index is 1.56. The van der Waals surface area contributed by atoms with E-state index in [1.54, 1.807) is 0 Å². The number of piperidine rings is 1.